The zero-order valence-electron chi connectivity index (χ0n) is 26.8. The van der Waals surface area contributed by atoms with Crippen molar-refractivity contribution in [2.24, 2.45) is 5.92 Å². The van der Waals surface area contributed by atoms with Gasteiger partial charge in [-0.15, -0.1) is 13.2 Å². The van der Waals surface area contributed by atoms with Crippen molar-refractivity contribution < 1.29 is 41.6 Å². The van der Waals surface area contributed by atoms with E-state index in [-0.39, 0.29) is 29.9 Å². The first-order valence-corrected chi connectivity index (χ1v) is 18.4. The number of benzene rings is 1. The van der Waals surface area contributed by atoms with Crippen LogP contribution in [0.4, 0.5) is 0 Å². The molecule has 3 aliphatic rings. The van der Waals surface area contributed by atoms with Gasteiger partial charge in [0.15, 0.2) is 0 Å². The SMILES string of the molecule is C=CCCCCC[C@H](NC([OH2+])OC1CCCC1)C(=O)N1C[C@@H](OS(=O)(=O)c2ccc(Br)cc2)C[C@H]1C(=O)N[C@]1(C(=O)OC)C[C@H]1C=C. The quantitative estimate of drug-likeness (QED) is 0.0574. The molecule has 47 heavy (non-hydrogen) atoms. The van der Waals surface area contributed by atoms with Crippen molar-refractivity contribution in [3.05, 3.63) is 54.0 Å². The van der Waals surface area contributed by atoms with Gasteiger partial charge in [-0.2, -0.15) is 8.42 Å². The van der Waals surface area contributed by atoms with E-state index in [0.717, 1.165) is 44.9 Å². The highest BCUT2D eigenvalue weighted by atomic mass is 79.9. The Labute approximate surface area is 285 Å². The fourth-order valence-electron chi connectivity index (χ4n) is 6.41. The molecule has 2 saturated carbocycles. The Morgan fingerprint density at radius 3 is 2.45 bits per heavy atom. The predicted molar refractivity (Wildman–Crippen MR) is 178 cm³/mol. The van der Waals surface area contributed by atoms with E-state index in [9.17, 15) is 22.8 Å². The van der Waals surface area contributed by atoms with E-state index in [1.54, 1.807) is 18.2 Å². The number of allylic oxidation sites excluding steroid dienone is 1. The van der Waals surface area contributed by atoms with Gasteiger partial charge in [0.2, 0.25) is 11.8 Å². The molecule has 0 bridgehead atoms. The summed E-state index contributed by atoms with van der Waals surface area (Å²) in [6.45, 7) is 7.31. The molecule has 260 valence electrons. The van der Waals surface area contributed by atoms with Crippen LogP contribution < -0.4 is 10.6 Å². The molecule has 2 amide bonds. The molecule has 4 rings (SSSR count). The maximum atomic E-state index is 14.3. The number of methoxy groups -OCH3 is 1. The van der Waals surface area contributed by atoms with Crippen LogP contribution in [-0.4, -0.2) is 86.1 Å². The topological polar surface area (TPSA) is 163 Å². The molecule has 14 heteroatoms. The summed E-state index contributed by atoms with van der Waals surface area (Å²) >= 11 is 3.29. The number of nitrogens with zero attached hydrogens (tertiary/aromatic N) is 1. The van der Waals surface area contributed by atoms with Crippen LogP contribution in [0.25, 0.3) is 0 Å². The van der Waals surface area contributed by atoms with Gasteiger partial charge in [-0.05, 0) is 62.8 Å². The Bertz CT molecular complexity index is 1390. The molecule has 1 unspecified atom stereocenters. The number of esters is 1. The third-order valence-electron chi connectivity index (χ3n) is 9.09. The van der Waals surface area contributed by atoms with E-state index in [1.807, 2.05) is 6.08 Å². The summed E-state index contributed by atoms with van der Waals surface area (Å²) < 4.78 is 43.5. The van der Waals surface area contributed by atoms with Crippen LogP contribution in [0.1, 0.15) is 70.6 Å². The number of carbonyl (C=O) groups is 3. The maximum absolute atomic E-state index is 14.3. The fraction of sp³-hybridized carbons (Fsp3) is 0.606. The molecular weight excluding hydrogens is 694 g/mol. The van der Waals surface area contributed by atoms with Gasteiger partial charge < -0.3 is 20.1 Å². The number of amides is 2. The minimum atomic E-state index is -4.24. The number of hydrogen-bond acceptors (Lipinski definition) is 9. The second-order valence-electron chi connectivity index (χ2n) is 12.4. The number of likely N-dealkylation sites (tertiary alicyclic amines) is 1. The summed E-state index contributed by atoms with van der Waals surface area (Å²) in [7, 11) is -3.01. The third-order valence-corrected chi connectivity index (χ3v) is 11.0. The normalized spacial score (nSPS) is 25.6. The van der Waals surface area contributed by atoms with Crippen molar-refractivity contribution in [2.75, 3.05) is 13.7 Å². The second-order valence-corrected chi connectivity index (χ2v) is 14.9. The van der Waals surface area contributed by atoms with Crippen molar-refractivity contribution in [1.82, 2.24) is 15.5 Å². The molecule has 0 aromatic heterocycles. The highest BCUT2D eigenvalue weighted by Crippen LogP contribution is 2.45. The Morgan fingerprint density at radius 1 is 1.13 bits per heavy atom. The van der Waals surface area contributed by atoms with E-state index in [0.29, 0.717) is 23.7 Å². The molecular formula is C33H47BrN3O9S+. The number of unbranched alkanes of at least 4 members (excludes halogenated alkanes) is 3. The summed E-state index contributed by atoms with van der Waals surface area (Å²) in [6, 6.07) is 3.92. The second kappa shape index (κ2) is 16.7. The lowest BCUT2D eigenvalue weighted by molar-refractivity contribution is -0.165. The van der Waals surface area contributed by atoms with Gasteiger partial charge in [0.05, 0.1) is 30.3 Å². The first kappa shape index (κ1) is 37.2. The zero-order valence-corrected chi connectivity index (χ0v) is 29.2. The number of hydrogen-bond donors (Lipinski definition) is 2. The van der Waals surface area contributed by atoms with Crippen molar-refractivity contribution in [2.45, 2.75) is 112 Å². The van der Waals surface area contributed by atoms with E-state index < -0.39 is 58.0 Å². The average Bonchev–Trinajstić information content (AvgIpc) is 3.31. The zero-order chi connectivity index (χ0) is 34.2. The first-order valence-electron chi connectivity index (χ1n) is 16.2. The van der Waals surface area contributed by atoms with Crippen molar-refractivity contribution in [3.63, 3.8) is 0 Å². The van der Waals surface area contributed by atoms with Gasteiger partial charge in [0.25, 0.3) is 10.1 Å². The van der Waals surface area contributed by atoms with E-state index in [1.165, 1.54) is 24.1 Å². The lowest BCUT2D eigenvalue weighted by Crippen LogP contribution is -2.57. The summed E-state index contributed by atoms with van der Waals surface area (Å²) in [4.78, 5) is 42.1. The lowest BCUT2D eigenvalue weighted by Gasteiger charge is -2.30. The first-order chi connectivity index (χ1) is 22.4. The fourth-order valence-corrected chi connectivity index (χ4v) is 7.76. The van der Waals surface area contributed by atoms with Gasteiger partial charge in [0.1, 0.15) is 11.6 Å². The molecule has 0 radical (unpaired) electrons. The summed E-state index contributed by atoms with van der Waals surface area (Å²) in [6.07, 6.45) is 8.66. The molecule has 1 saturated heterocycles. The predicted octanol–water partition coefficient (Wildman–Crippen LogP) is 3.42. The monoisotopic (exact) mass is 740 g/mol. The molecule has 3 fully saturated rings. The lowest BCUT2D eigenvalue weighted by atomic mass is 10.0. The summed E-state index contributed by atoms with van der Waals surface area (Å²) in [5.74, 6) is -2.08. The Kier molecular flexibility index (Phi) is 13.2. The standard InChI is InChI=1S/C33H46BrN3O9S/c1-4-6-7-8-9-14-27(35-32(41)45-24-12-10-11-13-24)30(39)37-21-25(46-47(42,43)26-17-15-23(34)16-18-26)19-28(37)29(38)36-33(31(40)44-3)20-22(33)5-2/h4-5,15-18,22,24-25,27-28,32,35,41H,1-2,6-14,19-21H2,3H3,(H,36,38)/p+1/t22-,25+,27+,28+,32?,33-/m1/s1. The smallest absolute Gasteiger partial charge is 0.332 e. The van der Waals surface area contributed by atoms with Crippen LogP contribution >= 0.6 is 15.9 Å². The Balaban J connectivity index is 1.57. The summed E-state index contributed by atoms with van der Waals surface area (Å²) in [5, 5.41) is 14.4. The van der Waals surface area contributed by atoms with Gasteiger partial charge >= 0.3 is 12.4 Å². The van der Waals surface area contributed by atoms with E-state index >= 15 is 0 Å². The molecule has 0 spiro atoms. The van der Waals surface area contributed by atoms with Crippen molar-refractivity contribution in [1.29, 1.82) is 0 Å². The molecule has 4 N–H and O–H groups in total. The third kappa shape index (κ3) is 9.51. The number of halogens is 1. The summed E-state index contributed by atoms with van der Waals surface area (Å²) in [5.41, 5.74) is -1.31. The number of ether oxygens (including phenoxy) is 2. The highest BCUT2D eigenvalue weighted by Gasteiger charge is 2.62. The molecule has 6 atom stereocenters. The maximum Gasteiger partial charge on any atom is 0.332 e. The van der Waals surface area contributed by atoms with Gasteiger partial charge in [0, 0.05) is 23.4 Å². The van der Waals surface area contributed by atoms with Gasteiger partial charge in [-0.1, -0.05) is 53.8 Å². The molecule has 2 aliphatic carbocycles. The highest BCUT2D eigenvalue weighted by molar-refractivity contribution is 9.10. The number of carbonyl (C=O) groups excluding carboxylic acids is 3. The molecule has 12 nitrogen and oxygen atoms in total. The van der Waals surface area contributed by atoms with Crippen LogP contribution in [0.15, 0.2) is 58.9 Å². The van der Waals surface area contributed by atoms with Crippen LogP contribution in [0.3, 0.4) is 0 Å². The largest absolute Gasteiger partial charge is 0.467 e. The minimum absolute atomic E-state index is 0.0638. The Hall–Kier alpha value is -2.62. The van der Waals surface area contributed by atoms with Crippen LogP contribution in [0.5, 0.6) is 0 Å². The van der Waals surface area contributed by atoms with Gasteiger partial charge in [-0.3, -0.25) is 18.5 Å². The van der Waals surface area contributed by atoms with Crippen LogP contribution in [0, 0.1) is 5.92 Å². The van der Waals surface area contributed by atoms with Crippen molar-refractivity contribution >= 4 is 43.8 Å². The van der Waals surface area contributed by atoms with Gasteiger partial charge in [-0.25, -0.2) is 10.1 Å². The van der Waals surface area contributed by atoms with E-state index in [2.05, 4.69) is 39.7 Å². The van der Waals surface area contributed by atoms with E-state index in [4.69, 9.17) is 18.8 Å². The van der Waals surface area contributed by atoms with Crippen LogP contribution in [0.2, 0.25) is 0 Å². The minimum Gasteiger partial charge on any atom is -0.467 e. The molecule has 1 aromatic carbocycles. The Morgan fingerprint density at radius 2 is 1.83 bits per heavy atom. The van der Waals surface area contributed by atoms with Crippen LogP contribution in [-0.2, 0) is 38.2 Å². The number of nitrogens with one attached hydrogen (secondary N) is 2. The molecule has 1 aromatic rings. The van der Waals surface area contributed by atoms with Crippen molar-refractivity contribution in [3.8, 4) is 0 Å². The average molecular weight is 742 g/mol. The molecule has 1 heterocycles. The number of rotatable bonds is 18. The molecule has 1 aliphatic heterocycles.